The molecule has 1 fully saturated rings. The summed E-state index contributed by atoms with van der Waals surface area (Å²) in [7, 11) is 0. The van der Waals surface area contributed by atoms with Crippen LogP contribution in [0.3, 0.4) is 0 Å². The fraction of sp³-hybridized carbons (Fsp3) is 0.889. The Hall–Kier alpha value is -0.570. The molecule has 0 saturated heterocycles. The van der Waals surface area contributed by atoms with Crippen molar-refractivity contribution < 1.29 is 14.6 Å². The average Bonchev–Trinajstić information content (AvgIpc) is 2.01. The molecule has 0 heterocycles. The molecule has 2 atom stereocenters. The van der Waals surface area contributed by atoms with Gasteiger partial charge in [0.15, 0.2) is 0 Å². The maximum absolute atomic E-state index is 10.2. The average molecular weight is 172 g/mol. The van der Waals surface area contributed by atoms with Crippen molar-refractivity contribution in [3.05, 3.63) is 0 Å². The number of carbonyl (C=O) groups is 1. The first-order valence-electron chi connectivity index (χ1n) is 4.52. The zero-order valence-corrected chi connectivity index (χ0v) is 7.45. The van der Waals surface area contributed by atoms with E-state index in [2.05, 4.69) is 6.92 Å². The van der Waals surface area contributed by atoms with Crippen LogP contribution in [0.5, 0.6) is 0 Å². The second kappa shape index (κ2) is 4.45. The van der Waals surface area contributed by atoms with Gasteiger partial charge in [-0.1, -0.05) is 19.8 Å². The van der Waals surface area contributed by atoms with Gasteiger partial charge < -0.3 is 9.84 Å². The van der Waals surface area contributed by atoms with E-state index in [0.717, 1.165) is 12.8 Å². The number of rotatable bonds is 3. The quantitative estimate of drug-likeness (QED) is 0.704. The molecule has 1 rings (SSSR count). The number of ether oxygens (including phenoxy) is 1. The van der Waals surface area contributed by atoms with E-state index in [0.29, 0.717) is 5.92 Å². The van der Waals surface area contributed by atoms with Gasteiger partial charge in [0.2, 0.25) is 0 Å². The largest absolute Gasteiger partial charge is 0.480 e. The molecule has 0 aliphatic heterocycles. The predicted octanol–water partition coefficient (Wildman–Crippen LogP) is 1.67. The van der Waals surface area contributed by atoms with Gasteiger partial charge in [-0.15, -0.1) is 0 Å². The molecular formula is C9H16O3. The van der Waals surface area contributed by atoms with Gasteiger partial charge in [0.25, 0.3) is 0 Å². The van der Waals surface area contributed by atoms with Crippen LogP contribution >= 0.6 is 0 Å². The number of carboxylic acids is 1. The predicted molar refractivity (Wildman–Crippen MR) is 45.0 cm³/mol. The Bertz CT molecular complexity index is 156. The summed E-state index contributed by atoms with van der Waals surface area (Å²) >= 11 is 0. The topological polar surface area (TPSA) is 46.5 Å². The van der Waals surface area contributed by atoms with E-state index in [4.69, 9.17) is 9.84 Å². The minimum atomic E-state index is -0.867. The summed E-state index contributed by atoms with van der Waals surface area (Å²) in [4.78, 5) is 10.2. The molecule has 70 valence electrons. The molecule has 1 N–H and O–H groups in total. The zero-order valence-electron chi connectivity index (χ0n) is 7.45. The van der Waals surface area contributed by atoms with Crippen LogP contribution in [0.1, 0.15) is 32.6 Å². The second-order valence-electron chi connectivity index (χ2n) is 3.60. The molecule has 0 aromatic rings. The van der Waals surface area contributed by atoms with Gasteiger partial charge in [0.1, 0.15) is 6.61 Å². The molecule has 0 aromatic heterocycles. The van der Waals surface area contributed by atoms with E-state index in [1.54, 1.807) is 0 Å². The van der Waals surface area contributed by atoms with Gasteiger partial charge in [0.05, 0.1) is 6.10 Å². The molecule has 1 aliphatic carbocycles. The Kier molecular flexibility index (Phi) is 3.53. The van der Waals surface area contributed by atoms with Crippen molar-refractivity contribution in [2.24, 2.45) is 5.92 Å². The fourth-order valence-electron chi connectivity index (χ4n) is 1.72. The van der Waals surface area contributed by atoms with Crippen molar-refractivity contribution in [2.75, 3.05) is 6.61 Å². The Morgan fingerprint density at radius 3 is 2.92 bits per heavy atom. The Morgan fingerprint density at radius 2 is 2.33 bits per heavy atom. The summed E-state index contributed by atoms with van der Waals surface area (Å²) in [6, 6.07) is 0. The van der Waals surface area contributed by atoms with Crippen LogP contribution < -0.4 is 0 Å². The van der Waals surface area contributed by atoms with Gasteiger partial charge in [-0.2, -0.15) is 0 Å². The van der Waals surface area contributed by atoms with Gasteiger partial charge in [-0.3, -0.25) is 0 Å². The minimum absolute atomic E-state index is 0.141. The molecule has 0 spiro atoms. The number of carboxylic acid groups (broad SMARTS) is 1. The third-order valence-electron chi connectivity index (χ3n) is 2.33. The third-order valence-corrected chi connectivity index (χ3v) is 2.33. The van der Waals surface area contributed by atoms with Crippen molar-refractivity contribution >= 4 is 5.97 Å². The van der Waals surface area contributed by atoms with Crippen molar-refractivity contribution in [1.29, 1.82) is 0 Å². The zero-order chi connectivity index (χ0) is 8.97. The molecule has 0 bridgehead atoms. The lowest BCUT2D eigenvalue weighted by Crippen LogP contribution is -2.24. The van der Waals surface area contributed by atoms with Crippen LogP contribution in [0.2, 0.25) is 0 Å². The smallest absolute Gasteiger partial charge is 0.329 e. The van der Waals surface area contributed by atoms with Gasteiger partial charge >= 0.3 is 5.97 Å². The molecule has 0 amide bonds. The van der Waals surface area contributed by atoms with Crippen molar-refractivity contribution in [1.82, 2.24) is 0 Å². The Balaban J connectivity index is 2.18. The minimum Gasteiger partial charge on any atom is -0.480 e. The summed E-state index contributed by atoms with van der Waals surface area (Å²) in [6.07, 6.45) is 4.66. The van der Waals surface area contributed by atoms with Crippen LogP contribution in [0, 0.1) is 5.92 Å². The van der Waals surface area contributed by atoms with Crippen LogP contribution in [-0.4, -0.2) is 23.8 Å². The molecule has 1 aliphatic rings. The first-order chi connectivity index (χ1) is 5.68. The maximum atomic E-state index is 10.2. The van der Waals surface area contributed by atoms with E-state index in [-0.39, 0.29) is 12.7 Å². The molecule has 0 unspecified atom stereocenters. The van der Waals surface area contributed by atoms with Crippen molar-refractivity contribution in [3.8, 4) is 0 Å². The summed E-state index contributed by atoms with van der Waals surface area (Å²) < 4.78 is 5.22. The molecule has 1 saturated carbocycles. The molecular weight excluding hydrogens is 156 g/mol. The van der Waals surface area contributed by atoms with Crippen LogP contribution in [0.4, 0.5) is 0 Å². The lowest BCUT2D eigenvalue weighted by molar-refractivity contribution is -0.145. The first kappa shape index (κ1) is 9.52. The molecule has 0 radical (unpaired) electrons. The number of hydrogen-bond acceptors (Lipinski definition) is 2. The van der Waals surface area contributed by atoms with E-state index < -0.39 is 5.97 Å². The molecule has 12 heavy (non-hydrogen) atoms. The van der Waals surface area contributed by atoms with Gasteiger partial charge in [-0.05, 0) is 18.8 Å². The Labute approximate surface area is 72.7 Å². The van der Waals surface area contributed by atoms with Crippen LogP contribution in [0.25, 0.3) is 0 Å². The highest BCUT2D eigenvalue weighted by atomic mass is 16.5. The van der Waals surface area contributed by atoms with Crippen molar-refractivity contribution in [2.45, 2.75) is 38.7 Å². The lowest BCUT2D eigenvalue weighted by Gasteiger charge is -2.26. The van der Waals surface area contributed by atoms with Crippen molar-refractivity contribution in [3.63, 3.8) is 0 Å². The third kappa shape index (κ3) is 3.22. The monoisotopic (exact) mass is 172 g/mol. The van der Waals surface area contributed by atoms with E-state index in [9.17, 15) is 4.79 Å². The summed E-state index contributed by atoms with van der Waals surface area (Å²) in [5.74, 6) is -0.175. The highest BCUT2D eigenvalue weighted by Crippen LogP contribution is 2.25. The van der Waals surface area contributed by atoms with E-state index in [1.807, 2.05) is 0 Å². The number of aliphatic carboxylic acids is 1. The fourth-order valence-corrected chi connectivity index (χ4v) is 1.72. The van der Waals surface area contributed by atoms with Crippen LogP contribution in [-0.2, 0) is 9.53 Å². The van der Waals surface area contributed by atoms with Gasteiger partial charge in [0, 0.05) is 0 Å². The normalized spacial score (nSPS) is 30.1. The van der Waals surface area contributed by atoms with Gasteiger partial charge in [-0.25, -0.2) is 4.79 Å². The SMILES string of the molecule is C[C@@H]1CCC[C@@H](OCC(=O)O)C1. The standard InChI is InChI=1S/C9H16O3/c1-7-3-2-4-8(5-7)12-6-9(10)11/h7-8H,2-6H2,1H3,(H,10,11)/t7-,8-/m1/s1. The summed E-state index contributed by atoms with van der Waals surface area (Å²) in [5, 5.41) is 8.39. The highest BCUT2D eigenvalue weighted by Gasteiger charge is 2.19. The summed E-state index contributed by atoms with van der Waals surface area (Å²) in [5.41, 5.74) is 0. The maximum Gasteiger partial charge on any atom is 0.329 e. The summed E-state index contributed by atoms with van der Waals surface area (Å²) in [6.45, 7) is 2.05. The first-order valence-corrected chi connectivity index (χ1v) is 4.52. The lowest BCUT2D eigenvalue weighted by atomic mass is 9.89. The van der Waals surface area contributed by atoms with E-state index >= 15 is 0 Å². The highest BCUT2D eigenvalue weighted by molar-refractivity contribution is 5.68. The molecule has 3 nitrogen and oxygen atoms in total. The van der Waals surface area contributed by atoms with Crippen LogP contribution in [0.15, 0.2) is 0 Å². The molecule has 3 heteroatoms. The second-order valence-corrected chi connectivity index (χ2v) is 3.60. The van der Waals surface area contributed by atoms with E-state index in [1.165, 1.54) is 12.8 Å². The Morgan fingerprint density at radius 1 is 1.58 bits per heavy atom. The number of hydrogen-bond donors (Lipinski definition) is 1. The molecule has 0 aromatic carbocycles.